The second-order valence-corrected chi connectivity index (χ2v) is 10.2. The number of aromatic nitrogens is 2. The van der Waals surface area contributed by atoms with Gasteiger partial charge in [0, 0.05) is 6.42 Å². The predicted octanol–water partition coefficient (Wildman–Crippen LogP) is 9.35. The van der Waals surface area contributed by atoms with Crippen LogP contribution >= 0.6 is 0 Å². The highest BCUT2D eigenvalue weighted by Crippen LogP contribution is 2.14. The molecule has 0 saturated heterocycles. The Morgan fingerprint density at radius 3 is 1.48 bits per heavy atom. The highest BCUT2D eigenvalue weighted by molar-refractivity contribution is 4.85. The number of imidazole rings is 1. The van der Waals surface area contributed by atoms with Gasteiger partial charge in [0.05, 0.1) is 12.6 Å². The SMILES string of the molecule is CCCCCCCCCCCCCCCCCCn1cc[n+](C(C)C)c1CCCCC. The summed E-state index contributed by atoms with van der Waals surface area (Å²) >= 11 is 0. The zero-order chi connectivity index (χ0) is 22.6. The smallest absolute Gasteiger partial charge is 0.234 e. The lowest BCUT2D eigenvalue weighted by Crippen LogP contribution is -2.39. The third kappa shape index (κ3) is 14.1. The molecule has 0 saturated carbocycles. The van der Waals surface area contributed by atoms with Gasteiger partial charge in [0.2, 0.25) is 0 Å². The van der Waals surface area contributed by atoms with Gasteiger partial charge in [0.25, 0.3) is 5.82 Å². The molecule has 0 aliphatic rings. The van der Waals surface area contributed by atoms with Gasteiger partial charge < -0.3 is 0 Å². The summed E-state index contributed by atoms with van der Waals surface area (Å²) in [5, 5.41) is 0. The average molecular weight is 434 g/mol. The van der Waals surface area contributed by atoms with Gasteiger partial charge in [-0.15, -0.1) is 0 Å². The molecule has 2 nitrogen and oxygen atoms in total. The summed E-state index contributed by atoms with van der Waals surface area (Å²) in [6.07, 6.45) is 32.9. The van der Waals surface area contributed by atoms with E-state index in [1.54, 1.807) is 5.82 Å². The van der Waals surface area contributed by atoms with E-state index in [0.29, 0.717) is 6.04 Å². The van der Waals surface area contributed by atoms with Crippen molar-refractivity contribution in [1.29, 1.82) is 0 Å². The van der Waals surface area contributed by atoms with Crippen LogP contribution in [0.4, 0.5) is 0 Å². The van der Waals surface area contributed by atoms with Crippen LogP contribution in [0.1, 0.15) is 162 Å². The third-order valence-corrected chi connectivity index (χ3v) is 6.85. The minimum absolute atomic E-state index is 0.573. The Hall–Kier alpha value is -0.790. The summed E-state index contributed by atoms with van der Waals surface area (Å²) in [4.78, 5) is 0. The first-order chi connectivity index (χ1) is 15.2. The molecule has 1 aromatic heterocycles. The molecule has 0 spiro atoms. The van der Waals surface area contributed by atoms with Crippen LogP contribution in [0, 0.1) is 0 Å². The first kappa shape index (κ1) is 28.2. The fourth-order valence-corrected chi connectivity index (χ4v) is 4.78. The molecule has 0 aromatic carbocycles. The fraction of sp³-hybridized carbons (Fsp3) is 0.897. The van der Waals surface area contributed by atoms with Gasteiger partial charge in [-0.1, -0.05) is 117 Å². The van der Waals surface area contributed by atoms with Crippen LogP contribution in [0.15, 0.2) is 12.4 Å². The van der Waals surface area contributed by atoms with Crippen molar-refractivity contribution in [3.8, 4) is 0 Å². The number of rotatable bonds is 22. The van der Waals surface area contributed by atoms with E-state index in [4.69, 9.17) is 0 Å². The molecule has 1 aromatic rings. The van der Waals surface area contributed by atoms with Crippen LogP contribution in [0.2, 0.25) is 0 Å². The Bertz CT molecular complexity index is 503. The number of nitrogens with zero attached hydrogens (tertiary/aromatic N) is 2. The van der Waals surface area contributed by atoms with E-state index in [1.807, 2.05) is 0 Å². The lowest BCUT2D eigenvalue weighted by molar-refractivity contribution is -0.722. The zero-order valence-corrected chi connectivity index (χ0v) is 22.0. The second-order valence-electron chi connectivity index (χ2n) is 10.2. The molecule has 1 heterocycles. The summed E-state index contributed by atoms with van der Waals surface area (Å²) in [5.41, 5.74) is 0. The standard InChI is InChI=1S/C29H57N2/c1-5-7-9-10-11-12-13-14-15-16-17-18-19-20-21-23-25-30-26-27-31(28(3)4)29(30)24-22-8-6-2/h26-28H,5-25H2,1-4H3/q+1. The average Bonchev–Trinajstić information content (AvgIpc) is 3.16. The van der Waals surface area contributed by atoms with Crippen LogP contribution in [-0.4, -0.2) is 4.57 Å². The van der Waals surface area contributed by atoms with Crippen molar-refractivity contribution in [3.05, 3.63) is 18.2 Å². The van der Waals surface area contributed by atoms with Gasteiger partial charge in [-0.05, 0) is 33.1 Å². The molecule has 0 atom stereocenters. The van der Waals surface area contributed by atoms with E-state index in [2.05, 4.69) is 49.2 Å². The highest BCUT2D eigenvalue weighted by Gasteiger charge is 2.18. The van der Waals surface area contributed by atoms with Crippen molar-refractivity contribution in [3.63, 3.8) is 0 Å². The second kappa shape index (κ2) is 19.9. The van der Waals surface area contributed by atoms with Crippen molar-refractivity contribution in [2.45, 2.75) is 169 Å². The van der Waals surface area contributed by atoms with Crippen LogP contribution in [-0.2, 0) is 13.0 Å². The molecule has 1 rings (SSSR count). The topological polar surface area (TPSA) is 8.81 Å². The molecule has 182 valence electrons. The van der Waals surface area contributed by atoms with Crippen LogP contribution in [0.25, 0.3) is 0 Å². The van der Waals surface area contributed by atoms with Crippen molar-refractivity contribution in [2.24, 2.45) is 0 Å². The summed E-state index contributed by atoms with van der Waals surface area (Å²) in [5.74, 6) is 1.55. The first-order valence-corrected chi connectivity index (χ1v) is 14.3. The van der Waals surface area contributed by atoms with Gasteiger partial charge in [0.15, 0.2) is 0 Å². The Kier molecular flexibility index (Phi) is 18.1. The Morgan fingerprint density at radius 2 is 1.03 bits per heavy atom. The van der Waals surface area contributed by atoms with E-state index >= 15 is 0 Å². The lowest BCUT2D eigenvalue weighted by atomic mass is 10.0. The van der Waals surface area contributed by atoms with E-state index in [0.717, 1.165) is 0 Å². The van der Waals surface area contributed by atoms with E-state index < -0.39 is 0 Å². The quantitative estimate of drug-likeness (QED) is 0.127. The Morgan fingerprint density at radius 1 is 0.613 bits per heavy atom. The van der Waals surface area contributed by atoms with Crippen molar-refractivity contribution >= 4 is 0 Å². The van der Waals surface area contributed by atoms with Crippen molar-refractivity contribution in [1.82, 2.24) is 4.57 Å². The van der Waals surface area contributed by atoms with Gasteiger partial charge in [-0.2, -0.15) is 0 Å². The largest absolute Gasteiger partial charge is 0.256 e. The van der Waals surface area contributed by atoms with E-state index in [9.17, 15) is 0 Å². The molecular formula is C29H57N2+. The monoisotopic (exact) mass is 433 g/mol. The number of hydrogen-bond acceptors (Lipinski definition) is 0. The molecule has 0 radical (unpaired) electrons. The van der Waals surface area contributed by atoms with Crippen molar-refractivity contribution < 1.29 is 4.57 Å². The number of aryl methyl sites for hydroxylation is 1. The zero-order valence-electron chi connectivity index (χ0n) is 22.0. The lowest BCUT2D eigenvalue weighted by Gasteiger charge is -2.08. The minimum Gasteiger partial charge on any atom is -0.234 e. The van der Waals surface area contributed by atoms with Crippen LogP contribution in [0.3, 0.4) is 0 Å². The third-order valence-electron chi connectivity index (χ3n) is 6.85. The molecule has 2 heteroatoms. The highest BCUT2D eigenvalue weighted by atomic mass is 15.2. The van der Waals surface area contributed by atoms with Gasteiger partial charge in [-0.25, -0.2) is 9.13 Å². The molecule has 0 bridgehead atoms. The molecule has 0 aliphatic heterocycles. The summed E-state index contributed by atoms with van der Waals surface area (Å²) in [7, 11) is 0. The van der Waals surface area contributed by atoms with E-state index in [1.165, 1.54) is 135 Å². The minimum atomic E-state index is 0.573. The molecule has 0 N–H and O–H groups in total. The number of unbranched alkanes of at least 4 members (excludes halogenated alkanes) is 17. The predicted molar refractivity (Wildman–Crippen MR) is 138 cm³/mol. The Balaban J connectivity index is 1.99. The maximum atomic E-state index is 2.54. The molecule has 0 aliphatic carbocycles. The van der Waals surface area contributed by atoms with Crippen LogP contribution in [0.5, 0.6) is 0 Å². The summed E-state index contributed by atoms with van der Waals surface area (Å²) < 4.78 is 5.03. The van der Waals surface area contributed by atoms with Gasteiger partial charge in [-0.3, -0.25) is 0 Å². The number of hydrogen-bond donors (Lipinski definition) is 0. The maximum Gasteiger partial charge on any atom is 0.256 e. The molecule has 31 heavy (non-hydrogen) atoms. The molecular weight excluding hydrogens is 376 g/mol. The molecule has 0 unspecified atom stereocenters. The first-order valence-electron chi connectivity index (χ1n) is 14.3. The van der Waals surface area contributed by atoms with Gasteiger partial charge in [0.1, 0.15) is 12.4 Å². The fourth-order valence-electron chi connectivity index (χ4n) is 4.78. The maximum absolute atomic E-state index is 2.54. The summed E-state index contributed by atoms with van der Waals surface area (Å²) in [6.45, 7) is 10.4. The summed E-state index contributed by atoms with van der Waals surface area (Å²) in [6, 6.07) is 0.573. The van der Waals surface area contributed by atoms with Crippen LogP contribution < -0.4 is 4.57 Å². The van der Waals surface area contributed by atoms with Gasteiger partial charge >= 0.3 is 0 Å². The Labute approximate surface area is 196 Å². The van der Waals surface area contributed by atoms with E-state index in [-0.39, 0.29) is 0 Å². The van der Waals surface area contributed by atoms with Crippen molar-refractivity contribution in [2.75, 3.05) is 0 Å². The normalized spacial score (nSPS) is 11.6. The molecule has 0 fully saturated rings. The molecule has 0 amide bonds.